The van der Waals surface area contributed by atoms with Gasteiger partial charge in [0.05, 0.1) is 5.60 Å². The number of ether oxygens (including phenoxy) is 1. The van der Waals surface area contributed by atoms with Crippen LogP contribution in [0.5, 0.6) is 0 Å². The van der Waals surface area contributed by atoms with E-state index in [2.05, 4.69) is 21.2 Å². The van der Waals surface area contributed by atoms with Gasteiger partial charge in [0.2, 0.25) is 0 Å². The summed E-state index contributed by atoms with van der Waals surface area (Å²) < 4.78 is 6.45. The summed E-state index contributed by atoms with van der Waals surface area (Å²) in [5.74, 6) is -0.0304. The fraction of sp³-hybridized carbons (Fsp3) is 0.500. The minimum absolute atomic E-state index is 0.0304. The maximum absolute atomic E-state index is 12.1. The molecule has 1 aromatic rings. The van der Waals surface area contributed by atoms with Crippen LogP contribution >= 0.6 is 15.9 Å². The number of carbonyl (C=O) groups is 1. The number of hydrogen-bond acceptors (Lipinski definition) is 2. The van der Waals surface area contributed by atoms with Crippen LogP contribution in [0.15, 0.2) is 22.7 Å². The number of amides is 1. The van der Waals surface area contributed by atoms with E-state index < -0.39 is 0 Å². The molecule has 0 atom stereocenters. The van der Waals surface area contributed by atoms with Gasteiger partial charge in [0.25, 0.3) is 5.91 Å². The molecule has 1 aliphatic rings. The molecule has 0 unspecified atom stereocenters. The molecule has 1 saturated carbocycles. The van der Waals surface area contributed by atoms with Gasteiger partial charge >= 0.3 is 0 Å². The fourth-order valence-corrected chi connectivity index (χ4v) is 2.58. The van der Waals surface area contributed by atoms with Gasteiger partial charge in [-0.2, -0.15) is 0 Å². The maximum Gasteiger partial charge on any atom is 0.251 e. The fourth-order valence-electron chi connectivity index (χ4n) is 2.21. The second-order valence-electron chi connectivity index (χ2n) is 4.84. The number of methoxy groups -OCH3 is 1. The largest absolute Gasteiger partial charge is 0.376 e. The van der Waals surface area contributed by atoms with Gasteiger partial charge in [-0.25, -0.2) is 0 Å². The Balaban J connectivity index is 2.02. The van der Waals surface area contributed by atoms with Gasteiger partial charge in [0.1, 0.15) is 0 Å². The Morgan fingerprint density at radius 2 is 2.22 bits per heavy atom. The van der Waals surface area contributed by atoms with Gasteiger partial charge < -0.3 is 10.1 Å². The lowest BCUT2D eigenvalue weighted by Gasteiger charge is -2.40. The van der Waals surface area contributed by atoms with Gasteiger partial charge in [0.15, 0.2) is 0 Å². The molecule has 1 fully saturated rings. The predicted molar refractivity (Wildman–Crippen MR) is 74.8 cm³/mol. The van der Waals surface area contributed by atoms with Crippen molar-refractivity contribution in [1.29, 1.82) is 0 Å². The number of rotatable bonds is 4. The highest BCUT2D eigenvalue weighted by Crippen LogP contribution is 2.34. The van der Waals surface area contributed by atoms with E-state index >= 15 is 0 Å². The molecule has 1 amide bonds. The number of nitrogens with one attached hydrogen (secondary N) is 1. The van der Waals surface area contributed by atoms with Crippen molar-refractivity contribution in [3.8, 4) is 0 Å². The first-order chi connectivity index (χ1) is 8.58. The Morgan fingerprint density at radius 1 is 1.50 bits per heavy atom. The normalized spacial score (nSPS) is 17.1. The molecule has 0 spiro atoms. The molecule has 0 radical (unpaired) electrons. The van der Waals surface area contributed by atoms with Crippen molar-refractivity contribution in [3.05, 3.63) is 33.8 Å². The summed E-state index contributed by atoms with van der Waals surface area (Å²) >= 11 is 3.44. The molecule has 98 valence electrons. The van der Waals surface area contributed by atoms with Crippen LogP contribution in [-0.4, -0.2) is 25.2 Å². The molecule has 3 nitrogen and oxygen atoms in total. The number of carbonyl (C=O) groups excluding carboxylic acids is 1. The summed E-state index contributed by atoms with van der Waals surface area (Å²) in [5.41, 5.74) is 1.56. The second kappa shape index (κ2) is 5.41. The highest BCUT2D eigenvalue weighted by Gasteiger charge is 2.37. The molecule has 1 N–H and O–H groups in total. The second-order valence-corrected chi connectivity index (χ2v) is 5.69. The number of halogens is 1. The van der Waals surface area contributed by atoms with Gasteiger partial charge in [-0.05, 0) is 43.9 Å². The first-order valence-corrected chi connectivity index (χ1v) is 6.96. The van der Waals surface area contributed by atoms with Crippen LogP contribution in [0.1, 0.15) is 35.2 Å². The molecule has 0 aromatic heterocycles. The third kappa shape index (κ3) is 2.59. The van der Waals surface area contributed by atoms with Crippen molar-refractivity contribution in [3.63, 3.8) is 0 Å². The average molecular weight is 312 g/mol. The lowest BCUT2D eigenvalue weighted by atomic mass is 9.80. The Kier molecular flexibility index (Phi) is 4.07. The van der Waals surface area contributed by atoms with Crippen molar-refractivity contribution in [1.82, 2.24) is 5.32 Å². The van der Waals surface area contributed by atoms with E-state index in [9.17, 15) is 4.79 Å². The minimum atomic E-state index is -0.129. The Labute approximate surface area is 116 Å². The summed E-state index contributed by atoms with van der Waals surface area (Å²) in [5, 5.41) is 2.98. The summed E-state index contributed by atoms with van der Waals surface area (Å²) in [4.78, 5) is 12.1. The zero-order chi connectivity index (χ0) is 13.2. The van der Waals surface area contributed by atoms with Crippen molar-refractivity contribution < 1.29 is 9.53 Å². The third-order valence-electron chi connectivity index (χ3n) is 3.78. The molecular formula is C14H18BrNO2. The minimum Gasteiger partial charge on any atom is -0.376 e. The zero-order valence-electron chi connectivity index (χ0n) is 10.8. The molecule has 18 heavy (non-hydrogen) atoms. The lowest BCUT2D eigenvalue weighted by Crippen LogP contribution is -2.49. The molecule has 1 aromatic carbocycles. The Hall–Kier alpha value is -0.870. The van der Waals surface area contributed by atoms with Crippen molar-refractivity contribution in [2.75, 3.05) is 13.7 Å². The monoisotopic (exact) mass is 311 g/mol. The van der Waals surface area contributed by atoms with E-state index in [0.717, 1.165) is 28.4 Å². The molecule has 0 saturated heterocycles. The summed E-state index contributed by atoms with van der Waals surface area (Å²) in [6.45, 7) is 2.53. The predicted octanol–water partition coefficient (Wildman–Crippen LogP) is 3.06. The number of benzene rings is 1. The third-order valence-corrected chi connectivity index (χ3v) is 4.64. The standard InChI is InChI=1S/C14H18BrNO2/c1-10-11(5-3-6-12(10)15)13(17)16-9-14(18-2)7-4-8-14/h3,5-6H,4,7-9H2,1-2H3,(H,16,17). The van der Waals surface area contributed by atoms with Crippen LogP contribution in [0, 0.1) is 6.92 Å². The first kappa shape index (κ1) is 13.6. The Bertz CT molecular complexity index is 450. The zero-order valence-corrected chi connectivity index (χ0v) is 12.3. The van der Waals surface area contributed by atoms with Crippen LogP contribution in [0.4, 0.5) is 0 Å². The van der Waals surface area contributed by atoms with Gasteiger partial charge in [-0.3, -0.25) is 4.79 Å². The quantitative estimate of drug-likeness (QED) is 0.928. The summed E-state index contributed by atoms with van der Waals surface area (Å²) in [6, 6.07) is 5.66. The summed E-state index contributed by atoms with van der Waals surface area (Å²) in [7, 11) is 1.72. The van der Waals surface area contributed by atoms with Gasteiger partial charge in [-0.15, -0.1) is 0 Å². The highest BCUT2D eigenvalue weighted by molar-refractivity contribution is 9.10. The van der Waals surface area contributed by atoms with Crippen LogP contribution < -0.4 is 5.32 Å². The van der Waals surface area contributed by atoms with E-state index in [-0.39, 0.29) is 11.5 Å². The smallest absolute Gasteiger partial charge is 0.251 e. The number of hydrogen-bond donors (Lipinski definition) is 1. The molecular weight excluding hydrogens is 294 g/mol. The molecule has 1 aliphatic carbocycles. The lowest BCUT2D eigenvalue weighted by molar-refractivity contribution is -0.0679. The van der Waals surface area contributed by atoms with Gasteiger partial charge in [0, 0.05) is 23.7 Å². The molecule has 2 rings (SSSR count). The molecule has 0 heterocycles. The summed E-state index contributed by atoms with van der Waals surface area (Å²) in [6.07, 6.45) is 3.24. The molecule has 4 heteroatoms. The van der Waals surface area contributed by atoms with Crippen molar-refractivity contribution in [2.24, 2.45) is 0 Å². The molecule has 0 bridgehead atoms. The highest BCUT2D eigenvalue weighted by atomic mass is 79.9. The van der Waals surface area contributed by atoms with Crippen LogP contribution in [0.3, 0.4) is 0 Å². The van der Waals surface area contributed by atoms with E-state index in [0.29, 0.717) is 6.54 Å². The van der Waals surface area contributed by atoms with Crippen LogP contribution in [0.25, 0.3) is 0 Å². The van der Waals surface area contributed by atoms with E-state index in [1.807, 2.05) is 25.1 Å². The van der Waals surface area contributed by atoms with Crippen molar-refractivity contribution >= 4 is 21.8 Å². The first-order valence-electron chi connectivity index (χ1n) is 6.16. The van der Waals surface area contributed by atoms with E-state index in [4.69, 9.17) is 4.74 Å². The van der Waals surface area contributed by atoms with E-state index in [1.165, 1.54) is 6.42 Å². The molecule has 0 aliphatic heterocycles. The maximum atomic E-state index is 12.1. The SMILES string of the molecule is COC1(CNC(=O)c2cccc(Br)c2C)CCC1. The average Bonchev–Trinajstić information content (AvgIpc) is 2.31. The van der Waals surface area contributed by atoms with Gasteiger partial charge in [-0.1, -0.05) is 22.0 Å². The van der Waals surface area contributed by atoms with Crippen LogP contribution in [0.2, 0.25) is 0 Å². The topological polar surface area (TPSA) is 38.3 Å². The Morgan fingerprint density at radius 3 is 2.78 bits per heavy atom. The van der Waals surface area contributed by atoms with Crippen LogP contribution in [-0.2, 0) is 4.74 Å². The van der Waals surface area contributed by atoms with Crippen molar-refractivity contribution in [2.45, 2.75) is 31.8 Å². The van der Waals surface area contributed by atoms with E-state index in [1.54, 1.807) is 7.11 Å².